The monoisotopic (exact) mass is 392 g/mol. The van der Waals surface area contributed by atoms with Gasteiger partial charge in [0.1, 0.15) is 0 Å². The number of hydrogen-bond donors (Lipinski definition) is 1. The van der Waals surface area contributed by atoms with Crippen LogP contribution >= 0.6 is 38.5 Å². The standard InChI is InChI=1S/C10H6BrIN2O2/c11-7-2-1-6(12)5-9(7)14-4-3-8(13-14)10(15)16/h1-5H,(H,15,16). The molecule has 82 valence electrons. The molecule has 0 fully saturated rings. The van der Waals surface area contributed by atoms with Gasteiger partial charge in [-0.15, -0.1) is 0 Å². The fraction of sp³-hybridized carbons (Fsp3) is 0. The van der Waals surface area contributed by atoms with Gasteiger partial charge in [0.2, 0.25) is 0 Å². The highest BCUT2D eigenvalue weighted by Gasteiger charge is 2.09. The van der Waals surface area contributed by atoms with Gasteiger partial charge in [-0.1, -0.05) is 0 Å². The first-order chi connectivity index (χ1) is 7.58. The zero-order chi connectivity index (χ0) is 11.7. The van der Waals surface area contributed by atoms with Crippen LogP contribution in [0.4, 0.5) is 0 Å². The van der Waals surface area contributed by atoms with Gasteiger partial charge in [-0.3, -0.25) is 0 Å². The first-order valence-corrected chi connectivity index (χ1v) is 6.19. The summed E-state index contributed by atoms with van der Waals surface area (Å²) in [7, 11) is 0. The van der Waals surface area contributed by atoms with E-state index in [1.807, 2.05) is 18.2 Å². The Kier molecular flexibility index (Phi) is 3.29. The number of aromatic carboxylic acids is 1. The molecule has 0 spiro atoms. The minimum absolute atomic E-state index is 0.0331. The number of nitrogens with zero attached hydrogens (tertiary/aromatic N) is 2. The van der Waals surface area contributed by atoms with Crippen LogP contribution < -0.4 is 0 Å². The van der Waals surface area contributed by atoms with Crippen molar-refractivity contribution in [3.05, 3.63) is 44.2 Å². The Hall–Kier alpha value is -0.890. The molecule has 1 N–H and O–H groups in total. The minimum Gasteiger partial charge on any atom is -0.476 e. The van der Waals surface area contributed by atoms with Gasteiger partial charge >= 0.3 is 5.97 Å². The summed E-state index contributed by atoms with van der Waals surface area (Å²) in [6.45, 7) is 0. The van der Waals surface area contributed by atoms with Crippen molar-refractivity contribution in [2.45, 2.75) is 0 Å². The fourth-order valence-electron chi connectivity index (χ4n) is 1.23. The van der Waals surface area contributed by atoms with Gasteiger partial charge < -0.3 is 5.11 Å². The van der Waals surface area contributed by atoms with Crippen LogP contribution in [-0.4, -0.2) is 20.9 Å². The van der Waals surface area contributed by atoms with Gasteiger partial charge in [-0.2, -0.15) is 5.10 Å². The number of carboxylic acids is 1. The molecule has 2 aromatic rings. The van der Waals surface area contributed by atoms with E-state index in [1.165, 1.54) is 10.7 Å². The molecule has 0 aliphatic rings. The molecule has 0 aliphatic heterocycles. The molecular weight excluding hydrogens is 387 g/mol. The predicted octanol–water partition coefficient (Wildman–Crippen LogP) is 2.94. The van der Waals surface area contributed by atoms with Crippen molar-refractivity contribution in [3.8, 4) is 5.69 Å². The lowest BCUT2D eigenvalue weighted by Gasteiger charge is -2.04. The van der Waals surface area contributed by atoms with E-state index in [9.17, 15) is 4.79 Å². The number of aromatic nitrogens is 2. The minimum atomic E-state index is -1.03. The summed E-state index contributed by atoms with van der Waals surface area (Å²) in [6, 6.07) is 7.24. The van der Waals surface area contributed by atoms with Gasteiger partial charge in [0.25, 0.3) is 0 Å². The maximum atomic E-state index is 10.7. The highest BCUT2D eigenvalue weighted by Crippen LogP contribution is 2.22. The van der Waals surface area contributed by atoms with Gasteiger partial charge in [0.15, 0.2) is 5.69 Å². The Balaban J connectivity index is 2.50. The van der Waals surface area contributed by atoms with E-state index in [0.29, 0.717) is 0 Å². The number of rotatable bonds is 2. The molecular formula is C10H6BrIN2O2. The van der Waals surface area contributed by atoms with E-state index < -0.39 is 5.97 Å². The first kappa shape index (κ1) is 11.6. The van der Waals surface area contributed by atoms with Gasteiger partial charge in [-0.25, -0.2) is 9.48 Å². The summed E-state index contributed by atoms with van der Waals surface area (Å²) in [6.07, 6.45) is 1.62. The molecule has 0 saturated carbocycles. The Morgan fingerprint density at radius 3 is 2.81 bits per heavy atom. The maximum absolute atomic E-state index is 10.7. The van der Waals surface area contributed by atoms with Crippen molar-refractivity contribution >= 4 is 44.5 Å². The van der Waals surface area contributed by atoms with Crippen LogP contribution in [0.25, 0.3) is 5.69 Å². The van der Waals surface area contributed by atoms with E-state index in [-0.39, 0.29) is 5.69 Å². The topological polar surface area (TPSA) is 55.1 Å². The number of carboxylic acid groups (broad SMARTS) is 1. The summed E-state index contributed by atoms with van der Waals surface area (Å²) >= 11 is 5.59. The quantitative estimate of drug-likeness (QED) is 0.799. The average molecular weight is 393 g/mol. The number of halogens is 2. The molecule has 0 radical (unpaired) electrons. The van der Waals surface area contributed by atoms with Crippen LogP contribution in [0.2, 0.25) is 0 Å². The fourth-order valence-corrected chi connectivity index (χ4v) is 2.14. The molecule has 6 heteroatoms. The van der Waals surface area contributed by atoms with Crippen LogP contribution in [0.5, 0.6) is 0 Å². The van der Waals surface area contributed by atoms with E-state index in [1.54, 1.807) is 6.20 Å². The third-order valence-electron chi connectivity index (χ3n) is 1.96. The van der Waals surface area contributed by atoms with Gasteiger partial charge in [-0.05, 0) is 62.8 Å². The lowest BCUT2D eigenvalue weighted by molar-refractivity contribution is 0.0690. The molecule has 0 saturated heterocycles. The van der Waals surface area contributed by atoms with Crippen LogP contribution in [-0.2, 0) is 0 Å². The highest BCUT2D eigenvalue weighted by molar-refractivity contribution is 14.1. The Labute approximate surface area is 114 Å². The highest BCUT2D eigenvalue weighted by atomic mass is 127. The van der Waals surface area contributed by atoms with Crippen molar-refractivity contribution in [1.82, 2.24) is 9.78 Å². The number of benzene rings is 1. The second-order valence-electron chi connectivity index (χ2n) is 3.05. The SMILES string of the molecule is O=C(O)c1ccn(-c2cc(I)ccc2Br)n1. The zero-order valence-corrected chi connectivity index (χ0v) is 11.6. The molecule has 0 amide bonds. The van der Waals surface area contributed by atoms with Crippen molar-refractivity contribution in [2.75, 3.05) is 0 Å². The normalized spacial score (nSPS) is 10.4. The molecule has 0 aliphatic carbocycles. The average Bonchev–Trinajstić information content (AvgIpc) is 2.70. The Bertz CT molecular complexity index is 554. The summed E-state index contributed by atoms with van der Waals surface area (Å²) in [5.74, 6) is -1.03. The first-order valence-electron chi connectivity index (χ1n) is 4.32. The van der Waals surface area contributed by atoms with Crippen LogP contribution in [0.3, 0.4) is 0 Å². The molecule has 1 heterocycles. The van der Waals surface area contributed by atoms with E-state index >= 15 is 0 Å². The maximum Gasteiger partial charge on any atom is 0.356 e. The lowest BCUT2D eigenvalue weighted by atomic mass is 10.3. The van der Waals surface area contributed by atoms with Crippen molar-refractivity contribution in [3.63, 3.8) is 0 Å². The van der Waals surface area contributed by atoms with Crippen LogP contribution in [0.15, 0.2) is 34.9 Å². The zero-order valence-electron chi connectivity index (χ0n) is 7.89. The van der Waals surface area contributed by atoms with E-state index in [0.717, 1.165) is 13.7 Å². The summed E-state index contributed by atoms with van der Waals surface area (Å²) in [4.78, 5) is 10.7. The number of hydrogen-bond acceptors (Lipinski definition) is 2. The molecule has 0 unspecified atom stereocenters. The predicted molar refractivity (Wildman–Crippen MR) is 70.9 cm³/mol. The molecule has 16 heavy (non-hydrogen) atoms. The number of carbonyl (C=O) groups is 1. The van der Waals surface area contributed by atoms with Crippen LogP contribution in [0, 0.1) is 3.57 Å². The van der Waals surface area contributed by atoms with Crippen molar-refractivity contribution in [2.24, 2.45) is 0 Å². The summed E-state index contributed by atoms with van der Waals surface area (Å²) < 4.78 is 3.46. The van der Waals surface area contributed by atoms with Gasteiger partial charge in [0.05, 0.1) is 5.69 Å². The van der Waals surface area contributed by atoms with E-state index in [2.05, 4.69) is 43.6 Å². The van der Waals surface area contributed by atoms with Gasteiger partial charge in [0, 0.05) is 14.2 Å². The van der Waals surface area contributed by atoms with E-state index in [4.69, 9.17) is 5.11 Å². The Morgan fingerprint density at radius 1 is 1.44 bits per heavy atom. The third-order valence-corrected chi connectivity index (χ3v) is 3.30. The molecule has 1 aromatic carbocycles. The molecule has 1 aromatic heterocycles. The van der Waals surface area contributed by atoms with Crippen molar-refractivity contribution in [1.29, 1.82) is 0 Å². The Morgan fingerprint density at radius 2 is 2.19 bits per heavy atom. The van der Waals surface area contributed by atoms with Crippen LogP contribution in [0.1, 0.15) is 10.5 Å². The second-order valence-corrected chi connectivity index (χ2v) is 5.15. The molecule has 2 rings (SSSR count). The lowest BCUT2D eigenvalue weighted by Crippen LogP contribution is -2.01. The summed E-state index contributed by atoms with van der Waals surface area (Å²) in [5, 5.41) is 12.7. The second kappa shape index (κ2) is 4.54. The third kappa shape index (κ3) is 2.27. The smallest absolute Gasteiger partial charge is 0.356 e. The molecule has 0 bridgehead atoms. The largest absolute Gasteiger partial charge is 0.476 e. The summed E-state index contributed by atoms with van der Waals surface area (Å²) in [5.41, 5.74) is 0.852. The molecule has 0 atom stereocenters. The van der Waals surface area contributed by atoms with Crippen molar-refractivity contribution < 1.29 is 9.90 Å². The molecule has 4 nitrogen and oxygen atoms in total.